The van der Waals surface area contributed by atoms with Crippen molar-refractivity contribution in [2.45, 2.75) is 77.9 Å². The molecule has 0 unspecified atom stereocenters. The lowest BCUT2D eigenvalue weighted by Crippen LogP contribution is -2.51. The van der Waals surface area contributed by atoms with Crippen LogP contribution >= 0.6 is 0 Å². The van der Waals surface area contributed by atoms with E-state index in [2.05, 4.69) is 20.6 Å². The second-order valence-corrected chi connectivity index (χ2v) is 14.2. The Hall–Kier alpha value is -5.26. The quantitative estimate of drug-likeness (QED) is 0.176. The van der Waals surface area contributed by atoms with Gasteiger partial charge in [-0.05, 0) is 67.3 Å². The van der Waals surface area contributed by atoms with E-state index in [4.69, 9.17) is 9.72 Å². The molecule has 3 atom stereocenters. The molecule has 12 nitrogen and oxygen atoms in total. The second-order valence-electron chi connectivity index (χ2n) is 14.2. The fourth-order valence-corrected chi connectivity index (χ4v) is 7.06. The molecule has 2 aliphatic heterocycles. The van der Waals surface area contributed by atoms with Crippen molar-refractivity contribution in [2.75, 3.05) is 25.5 Å². The molecule has 3 N–H and O–H groups in total. The topological polar surface area (TPSA) is 150 Å². The molecular weight excluding hydrogens is 646 g/mol. The number of hydrogen-bond donors (Lipinski definition) is 3. The number of pyridine rings is 1. The highest BCUT2D eigenvalue weighted by molar-refractivity contribution is 5.99. The number of hydrogen-bond acceptors (Lipinski definition) is 7. The van der Waals surface area contributed by atoms with E-state index < -0.39 is 18.2 Å². The highest BCUT2D eigenvalue weighted by atomic mass is 16.5. The summed E-state index contributed by atoms with van der Waals surface area (Å²) >= 11 is 0. The number of fused-ring (bicyclic) bond motifs is 1. The van der Waals surface area contributed by atoms with Gasteiger partial charge in [-0.1, -0.05) is 58.0 Å². The van der Waals surface area contributed by atoms with Gasteiger partial charge in [-0.15, -0.1) is 0 Å². The van der Waals surface area contributed by atoms with Crippen molar-refractivity contribution >= 4 is 40.4 Å². The first kappa shape index (κ1) is 35.6. The van der Waals surface area contributed by atoms with Crippen LogP contribution in [0.15, 0.2) is 60.8 Å². The van der Waals surface area contributed by atoms with Crippen LogP contribution in [0, 0.1) is 11.8 Å². The van der Waals surface area contributed by atoms with Crippen molar-refractivity contribution in [3.05, 3.63) is 66.6 Å². The second kappa shape index (κ2) is 15.3. The van der Waals surface area contributed by atoms with Crippen LogP contribution in [0.1, 0.15) is 71.7 Å². The zero-order valence-corrected chi connectivity index (χ0v) is 29.9. The molecule has 12 heteroatoms. The van der Waals surface area contributed by atoms with E-state index in [1.54, 1.807) is 16.0 Å². The molecule has 268 valence electrons. The van der Waals surface area contributed by atoms with Gasteiger partial charge in [-0.3, -0.25) is 14.4 Å². The molecule has 51 heavy (non-hydrogen) atoms. The third-order valence-corrected chi connectivity index (χ3v) is 9.75. The van der Waals surface area contributed by atoms with Crippen molar-refractivity contribution in [1.29, 1.82) is 0 Å². The summed E-state index contributed by atoms with van der Waals surface area (Å²) in [6.45, 7) is 9.03. The van der Waals surface area contributed by atoms with Gasteiger partial charge in [0.2, 0.25) is 17.7 Å². The molecule has 4 heterocycles. The van der Waals surface area contributed by atoms with Gasteiger partial charge in [0.1, 0.15) is 17.9 Å². The smallest absolute Gasteiger partial charge is 0.407 e. The summed E-state index contributed by atoms with van der Waals surface area (Å²) in [5.74, 6) is 0.601. The van der Waals surface area contributed by atoms with Crippen LogP contribution in [0.5, 0.6) is 0 Å². The third-order valence-electron chi connectivity index (χ3n) is 9.75. The van der Waals surface area contributed by atoms with Crippen molar-refractivity contribution in [2.24, 2.45) is 11.8 Å². The standard InChI is InChI=1S/C39H47N7O5/c1-23(2)20-34(47)45-18-7-9-33(45)37(48)41-28-15-17-30-27(21-28)14-16-29(42-30)25-10-12-26(13-11-25)31-22-40-36(43-31)32-8-6-19-46(32)38(49)35(24(3)4)44-39(50)51-5/h10-17,21-24,32-33,35H,6-9,18-20H2,1-5H3,(H,40,43)(H,41,48)(H,44,50)/t32-,33-,35-/m0/s1. The van der Waals surface area contributed by atoms with Crippen LogP contribution in [0.25, 0.3) is 33.4 Å². The van der Waals surface area contributed by atoms with Crippen molar-refractivity contribution < 1.29 is 23.9 Å². The van der Waals surface area contributed by atoms with E-state index in [1.165, 1.54) is 7.11 Å². The highest BCUT2D eigenvalue weighted by Gasteiger charge is 2.38. The molecule has 0 bridgehead atoms. The van der Waals surface area contributed by atoms with Crippen LogP contribution in [-0.2, 0) is 19.1 Å². The van der Waals surface area contributed by atoms with E-state index in [-0.39, 0.29) is 35.6 Å². The van der Waals surface area contributed by atoms with Gasteiger partial charge in [0.15, 0.2) is 0 Å². The Bertz CT molecular complexity index is 1900. The van der Waals surface area contributed by atoms with E-state index in [0.717, 1.165) is 52.7 Å². The number of ether oxygens (including phenoxy) is 1. The minimum Gasteiger partial charge on any atom is -0.453 e. The molecule has 0 aliphatic carbocycles. The van der Waals surface area contributed by atoms with Gasteiger partial charge in [0.25, 0.3) is 0 Å². The van der Waals surface area contributed by atoms with Gasteiger partial charge in [0, 0.05) is 36.1 Å². The number of imidazole rings is 1. The number of methoxy groups -OCH3 is 1. The zero-order chi connectivity index (χ0) is 36.2. The van der Waals surface area contributed by atoms with Crippen LogP contribution in [0.4, 0.5) is 10.5 Å². The number of carbonyl (C=O) groups excluding carboxylic acids is 4. The van der Waals surface area contributed by atoms with Crippen molar-refractivity contribution in [1.82, 2.24) is 30.1 Å². The fraction of sp³-hybridized carbons (Fsp3) is 0.436. The number of nitrogens with zero attached hydrogens (tertiary/aromatic N) is 4. The zero-order valence-electron chi connectivity index (χ0n) is 29.9. The number of alkyl carbamates (subject to hydrolysis) is 1. The summed E-state index contributed by atoms with van der Waals surface area (Å²) in [6, 6.07) is 16.4. The Morgan fingerprint density at radius 1 is 0.922 bits per heavy atom. The number of H-pyrrole nitrogens is 1. The van der Waals surface area contributed by atoms with Crippen LogP contribution in [-0.4, -0.2) is 80.8 Å². The molecule has 2 aromatic heterocycles. The minimum atomic E-state index is -0.688. The Labute approximate surface area is 298 Å². The molecule has 2 aromatic carbocycles. The Morgan fingerprint density at radius 2 is 1.65 bits per heavy atom. The van der Waals surface area contributed by atoms with Gasteiger partial charge in [-0.2, -0.15) is 0 Å². The van der Waals surface area contributed by atoms with Crippen LogP contribution in [0.2, 0.25) is 0 Å². The minimum absolute atomic E-state index is 0.0385. The molecule has 2 aliphatic rings. The summed E-state index contributed by atoms with van der Waals surface area (Å²) in [4.78, 5) is 67.8. The SMILES string of the molecule is COC(=O)N[C@H](C(=O)N1CCC[C@H]1c1ncc(-c2ccc(-c3ccc4cc(NC(=O)[C@@H]5CCCN5C(=O)CC(C)C)ccc4n3)cc2)[nH]1)C(C)C. The average Bonchev–Trinajstić information content (AvgIpc) is 3.91. The molecule has 2 fully saturated rings. The molecule has 4 aromatic rings. The molecule has 0 radical (unpaired) electrons. The first-order valence-electron chi connectivity index (χ1n) is 17.8. The third kappa shape index (κ3) is 7.90. The Kier molecular flexibility index (Phi) is 10.7. The van der Waals surface area contributed by atoms with E-state index in [9.17, 15) is 19.2 Å². The summed E-state index contributed by atoms with van der Waals surface area (Å²) in [7, 11) is 1.29. The number of anilines is 1. The van der Waals surface area contributed by atoms with Crippen LogP contribution < -0.4 is 10.6 Å². The number of aromatic amines is 1. The predicted octanol–water partition coefficient (Wildman–Crippen LogP) is 6.31. The lowest BCUT2D eigenvalue weighted by atomic mass is 10.0. The largest absolute Gasteiger partial charge is 0.453 e. The number of likely N-dealkylation sites (tertiary alicyclic amines) is 2. The molecular formula is C39H47N7O5. The molecule has 0 saturated carbocycles. The maximum absolute atomic E-state index is 13.5. The van der Waals surface area contributed by atoms with Gasteiger partial charge in [-0.25, -0.2) is 14.8 Å². The lowest BCUT2D eigenvalue weighted by molar-refractivity contribution is -0.137. The summed E-state index contributed by atoms with van der Waals surface area (Å²) in [6.07, 6.45) is 4.73. The average molecular weight is 694 g/mol. The highest BCUT2D eigenvalue weighted by Crippen LogP contribution is 2.33. The first-order chi connectivity index (χ1) is 24.5. The van der Waals surface area contributed by atoms with Gasteiger partial charge in [0.05, 0.1) is 36.3 Å². The Balaban J connectivity index is 1.11. The summed E-state index contributed by atoms with van der Waals surface area (Å²) in [5, 5.41) is 6.61. The lowest BCUT2D eigenvalue weighted by Gasteiger charge is -2.30. The van der Waals surface area contributed by atoms with E-state index in [1.807, 2.05) is 82.3 Å². The maximum Gasteiger partial charge on any atom is 0.407 e. The van der Waals surface area contributed by atoms with Crippen molar-refractivity contribution in [3.8, 4) is 22.5 Å². The van der Waals surface area contributed by atoms with Gasteiger partial charge >= 0.3 is 6.09 Å². The molecule has 0 spiro atoms. The molecule has 2 saturated heterocycles. The van der Waals surface area contributed by atoms with E-state index in [0.29, 0.717) is 37.4 Å². The van der Waals surface area contributed by atoms with Crippen LogP contribution in [0.3, 0.4) is 0 Å². The van der Waals surface area contributed by atoms with Crippen molar-refractivity contribution in [3.63, 3.8) is 0 Å². The molecule has 6 rings (SSSR count). The number of nitrogens with one attached hydrogen (secondary N) is 3. The normalized spacial score (nSPS) is 18.0. The maximum atomic E-state index is 13.5. The number of benzene rings is 2. The molecule has 4 amide bonds. The summed E-state index contributed by atoms with van der Waals surface area (Å²) < 4.78 is 4.74. The summed E-state index contributed by atoms with van der Waals surface area (Å²) in [5.41, 5.74) is 5.05. The van der Waals surface area contributed by atoms with E-state index >= 15 is 0 Å². The number of aromatic nitrogens is 3. The monoisotopic (exact) mass is 693 g/mol. The predicted molar refractivity (Wildman–Crippen MR) is 195 cm³/mol. The number of carbonyl (C=O) groups is 4. The fourth-order valence-electron chi connectivity index (χ4n) is 7.06. The number of amides is 4. The van der Waals surface area contributed by atoms with Gasteiger partial charge < -0.3 is 30.2 Å². The first-order valence-corrected chi connectivity index (χ1v) is 17.8. The Morgan fingerprint density at radius 3 is 2.37 bits per heavy atom. The number of rotatable bonds is 10.